The van der Waals surface area contributed by atoms with Crippen molar-refractivity contribution < 1.29 is 14.7 Å². The van der Waals surface area contributed by atoms with Crippen LogP contribution in [-0.2, 0) is 13.6 Å². The van der Waals surface area contributed by atoms with E-state index < -0.39 is 6.10 Å². The molecule has 1 unspecified atom stereocenters. The van der Waals surface area contributed by atoms with Crippen LogP contribution in [0.25, 0.3) is 43.6 Å². The van der Waals surface area contributed by atoms with Crippen molar-refractivity contribution in [2.24, 2.45) is 7.05 Å². The number of aliphatic hydroxyl groups is 1. The number of nitrogens with one attached hydrogen (secondary N) is 1. The highest BCUT2D eigenvalue weighted by molar-refractivity contribution is 6.39. The smallest absolute Gasteiger partial charge is 0.259 e. The van der Waals surface area contributed by atoms with Gasteiger partial charge in [-0.1, -0.05) is 36.4 Å². The van der Waals surface area contributed by atoms with Crippen molar-refractivity contribution in [1.82, 2.24) is 19.4 Å². The van der Waals surface area contributed by atoms with Crippen LogP contribution >= 0.6 is 0 Å². The molecular weight excluding hydrogens is 440 g/mol. The lowest BCUT2D eigenvalue weighted by Crippen LogP contribution is -2.32. The number of carbonyl (C=O) groups is 2. The summed E-state index contributed by atoms with van der Waals surface area (Å²) in [7, 11) is 2.01. The minimum absolute atomic E-state index is 0.348. The van der Waals surface area contributed by atoms with Crippen LogP contribution in [0.1, 0.15) is 33.6 Å². The standard InChI is InChI=1S/C28H26N4O3/c1-30-19-10-4-2-8-17(19)21-23-24(28(35)29-27(23)34)22-18-9-3-5-11-20(18)32(26(22)25(21)30)15-16(33)14-31-12-6-7-13-31/h2-5,8-11,16,33H,6-7,12-15H2,1H3,(H,29,34,35). The Balaban J connectivity index is 1.62. The molecule has 5 aromatic rings. The fourth-order valence-electron chi connectivity index (χ4n) is 6.38. The van der Waals surface area contributed by atoms with Crippen molar-refractivity contribution >= 4 is 55.4 Å². The van der Waals surface area contributed by atoms with Gasteiger partial charge in [0.25, 0.3) is 11.8 Å². The molecule has 2 aliphatic rings. The van der Waals surface area contributed by atoms with Gasteiger partial charge in [-0.2, -0.15) is 0 Å². The largest absolute Gasteiger partial charge is 0.390 e. The molecule has 176 valence electrons. The van der Waals surface area contributed by atoms with Crippen LogP contribution in [0, 0.1) is 0 Å². The Morgan fingerprint density at radius 3 is 2.09 bits per heavy atom. The summed E-state index contributed by atoms with van der Waals surface area (Å²) in [6, 6.07) is 16.0. The van der Waals surface area contributed by atoms with Crippen LogP contribution < -0.4 is 5.32 Å². The highest BCUT2D eigenvalue weighted by atomic mass is 16.3. The lowest BCUT2D eigenvalue weighted by Gasteiger charge is -2.21. The summed E-state index contributed by atoms with van der Waals surface area (Å²) in [6.07, 6.45) is 1.79. The van der Waals surface area contributed by atoms with Gasteiger partial charge in [-0.25, -0.2) is 0 Å². The molecule has 0 aliphatic carbocycles. The molecule has 2 aromatic heterocycles. The van der Waals surface area contributed by atoms with E-state index in [-0.39, 0.29) is 11.8 Å². The predicted octanol–water partition coefficient (Wildman–Crippen LogP) is 3.78. The monoisotopic (exact) mass is 466 g/mol. The first-order chi connectivity index (χ1) is 17.0. The van der Waals surface area contributed by atoms with Crippen molar-refractivity contribution in [1.29, 1.82) is 0 Å². The summed E-state index contributed by atoms with van der Waals surface area (Å²) in [5.74, 6) is -0.704. The third kappa shape index (κ3) is 2.79. The first-order valence-corrected chi connectivity index (χ1v) is 12.2. The summed E-state index contributed by atoms with van der Waals surface area (Å²) in [5, 5.41) is 17.2. The fraction of sp³-hybridized carbons (Fsp3) is 0.286. The number of amides is 2. The maximum atomic E-state index is 13.2. The van der Waals surface area contributed by atoms with Crippen molar-refractivity contribution in [2.75, 3.05) is 19.6 Å². The number of aliphatic hydroxyl groups excluding tert-OH is 1. The predicted molar refractivity (Wildman–Crippen MR) is 137 cm³/mol. The van der Waals surface area contributed by atoms with Crippen LogP contribution in [0.15, 0.2) is 48.5 Å². The summed E-state index contributed by atoms with van der Waals surface area (Å²) >= 11 is 0. The molecule has 3 aromatic carbocycles. The highest BCUT2D eigenvalue weighted by Gasteiger charge is 2.36. The second kappa shape index (κ2) is 7.41. The highest BCUT2D eigenvalue weighted by Crippen LogP contribution is 2.44. The minimum Gasteiger partial charge on any atom is -0.390 e. The Labute approximate surface area is 201 Å². The number of fused-ring (bicyclic) bond motifs is 10. The minimum atomic E-state index is -0.555. The number of hydrogen-bond acceptors (Lipinski definition) is 4. The molecule has 0 spiro atoms. The number of imide groups is 1. The number of benzene rings is 3. The zero-order chi connectivity index (χ0) is 23.8. The Morgan fingerprint density at radius 2 is 1.40 bits per heavy atom. The first kappa shape index (κ1) is 20.7. The summed E-state index contributed by atoms with van der Waals surface area (Å²) < 4.78 is 4.27. The van der Waals surface area contributed by atoms with E-state index in [2.05, 4.69) is 19.4 Å². The van der Waals surface area contributed by atoms with Gasteiger partial charge in [-0.05, 0) is 38.1 Å². The molecule has 1 saturated heterocycles. The third-order valence-corrected chi connectivity index (χ3v) is 7.79. The number of carbonyl (C=O) groups excluding carboxylic acids is 2. The van der Waals surface area contributed by atoms with Crippen LogP contribution in [-0.4, -0.2) is 56.7 Å². The van der Waals surface area contributed by atoms with Gasteiger partial charge in [0.2, 0.25) is 0 Å². The van der Waals surface area contributed by atoms with Gasteiger partial charge in [0, 0.05) is 46.2 Å². The van der Waals surface area contributed by atoms with Crippen molar-refractivity contribution in [3.63, 3.8) is 0 Å². The van der Waals surface area contributed by atoms with Crippen molar-refractivity contribution in [2.45, 2.75) is 25.5 Å². The third-order valence-electron chi connectivity index (χ3n) is 7.79. The van der Waals surface area contributed by atoms with Gasteiger partial charge < -0.3 is 19.1 Å². The SMILES string of the molecule is Cn1c2ccccc2c2c3c(c4c5ccccc5n(CC(O)CN5CCCC5)c4c21)C(=O)NC3=O. The Bertz CT molecular complexity index is 1700. The second-order valence-corrected chi connectivity index (χ2v) is 9.85. The van der Waals surface area contributed by atoms with Crippen LogP contribution in [0.2, 0.25) is 0 Å². The van der Waals surface area contributed by atoms with Crippen LogP contribution in [0.3, 0.4) is 0 Å². The Hall–Kier alpha value is -3.68. The molecule has 2 amide bonds. The van der Waals surface area contributed by atoms with Crippen molar-refractivity contribution in [3.8, 4) is 0 Å². The first-order valence-electron chi connectivity index (χ1n) is 12.2. The molecule has 4 heterocycles. The molecule has 0 radical (unpaired) electrons. The Morgan fingerprint density at radius 1 is 0.829 bits per heavy atom. The van der Waals surface area contributed by atoms with Gasteiger partial charge in [0.1, 0.15) is 0 Å². The van der Waals surface area contributed by atoms with Gasteiger partial charge in [-0.3, -0.25) is 14.9 Å². The van der Waals surface area contributed by atoms with E-state index in [4.69, 9.17) is 0 Å². The van der Waals surface area contributed by atoms with E-state index in [0.29, 0.717) is 24.2 Å². The molecule has 1 atom stereocenters. The average Bonchev–Trinajstić information content (AvgIpc) is 3.61. The number of β-amino-alcohol motifs (C(OH)–C–C–N with tert-alkyl or cyclic N) is 1. The number of rotatable bonds is 4. The van der Waals surface area contributed by atoms with E-state index >= 15 is 0 Å². The zero-order valence-corrected chi connectivity index (χ0v) is 19.5. The maximum absolute atomic E-state index is 13.2. The van der Waals surface area contributed by atoms with Crippen LogP contribution in [0.5, 0.6) is 0 Å². The maximum Gasteiger partial charge on any atom is 0.259 e. The van der Waals surface area contributed by atoms with Crippen molar-refractivity contribution in [3.05, 3.63) is 59.7 Å². The fourth-order valence-corrected chi connectivity index (χ4v) is 6.38. The zero-order valence-electron chi connectivity index (χ0n) is 19.5. The number of aryl methyl sites for hydroxylation is 1. The van der Waals surface area contributed by atoms with E-state index in [1.165, 1.54) is 12.8 Å². The topological polar surface area (TPSA) is 79.5 Å². The summed E-state index contributed by atoms with van der Waals surface area (Å²) in [4.78, 5) is 28.6. The molecular formula is C28H26N4O3. The number of hydrogen-bond donors (Lipinski definition) is 2. The quantitative estimate of drug-likeness (QED) is 0.395. The van der Waals surface area contributed by atoms with Crippen LogP contribution in [0.4, 0.5) is 0 Å². The number of para-hydroxylation sites is 2. The molecule has 2 N–H and O–H groups in total. The van der Waals surface area contributed by atoms with Gasteiger partial charge in [0.05, 0.1) is 34.8 Å². The molecule has 0 saturated carbocycles. The van der Waals surface area contributed by atoms with E-state index in [1.807, 2.05) is 55.6 Å². The number of aromatic nitrogens is 2. The normalized spacial score (nSPS) is 17.3. The molecule has 2 aliphatic heterocycles. The summed E-state index contributed by atoms with van der Waals surface area (Å²) in [5.41, 5.74) is 4.65. The molecule has 7 heteroatoms. The summed E-state index contributed by atoms with van der Waals surface area (Å²) in [6.45, 7) is 3.07. The Kier molecular flexibility index (Phi) is 4.38. The van der Waals surface area contributed by atoms with Gasteiger partial charge in [0.15, 0.2) is 0 Å². The van der Waals surface area contributed by atoms with E-state index in [0.717, 1.165) is 56.7 Å². The van der Waals surface area contributed by atoms with Gasteiger partial charge >= 0.3 is 0 Å². The van der Waals surface area contributed by atoms with E-state index in [1.54, 1.807) is 0 Å². The molecule has 35 heavy (non-hydrogen) atoms. The average molecular weight is 467 g/mol. The lowest BCUT2D eigenvalue weighted by molar-refractivity contribution is 0.0880. The van der Waals surface area contributed by atoms with E-state index in [9.17, 15) is 14.7 Å². The second-order valence-electron chi connectivity index (χ2n) is 9.85. The lowest BCUT2D eigenvalue weighted by atomic mass is 9.96. The molecule has 7 rings (SSSR count). The molecule has 1 fully saturated rings. The molecule has 7 nitrogen and oxygen atoms in total. The van der Waals surface area contributed by atoms with Gasteiger partial charge in [-0.15, -0.1) is 0 Å². The molecule has 0 bridgehead atoms. The number of likely N-dealkylation sites (tertiary alicyclic amines) is 1. The number of nitrogens with zero attached hydrogens (tertiary/aromatic N) is 3.